The van der Waals surface area contributed by atoms with Gasteiger partial charge in [0.25, 0.3) is 6.43 Å². The normalized spacial score (nSPS) is 20.7. The number of ether oxygens (including phenoxy) is 2. The highest BCUT2D eigenvalue weighted by Gasteiger charge is 2.40. The molecular formula is C22H24F2N6O2S. The monoisotopic (exact) mass is 474 g/mol. The lowest BCUT2D eigenvalue weighted by Gasteiger charge is -2.40. The van der Waals surface area contributed by atoms with Gasteiger partial charge in [0.05, 0.1) is 23.6 Å². The third-order valence-electron chi connectivity index (χ3n) is 5.97. The van der Waals surface area contributed by atoms with E-state index in [1.165, 1.54) is 12.1 Å². The zero-order chi connectivity index (χ0) is 22.8. The highest BCUT2D eigenvalue weighted by Crippen LogP contribution is 2.35. The third kappa shape index (κ3) is 4.65. The Kier molecular flexibility index (Phi) is 6.15. The van der Waals surface area contributed by atoms with Gasteiger partial charge in [-0.1, -0.05) is 17.3 Å². The van der Waals surface area contributed by atoms with E-state index in [4.69, 9.17) is 9.47 Å². The van der Waals surface area contributed by atoms with E-state index >= 15 is 0 Å². The zero-order valence-electron chi connectivity index (χ0n) is 18.2. The summed E-state index contributed by atoms with van der Waals surface area (Å²) in [5.74, 6) is 3.35. The molecule has 0 aliphatic carbocycles. The molecule has 1 atom stereocenters. The van der Waals surface area contributed by atoms with Crippen LogP contribution < -0.4 is 9.64 Å². The predicted molar refractivity (Wildman–Crippen MR) is 120 cm³/mol. The van der Waals surface area contributed by atoms with Gasteiger partial charge in [0.1, 0.15) is 12.3 Å². The SMILES string of the molecule is Cc1nnn(-c2ccc(C(F)F)cc2)c1COc1ccc(N2CCOC3(CCSC3)C2)nn1. The van der Waals surface area contributed by atoms with Gasteiger partial charge in [0, 0.05) is 30.5 Å². The van der Waals surface area contributed by atoms with E-state index in [0.29, 0.717) is 29.6 Å². The van der Waals surface area contributed by atoms with E-state index in [1.807, 2.05) is 24.8 Å². The van der Waals surface area contributed by atoms with Crippen LogP contribution in [-0.4, -0.2) is 62.0 Å². The van der Waals surface area contributed by atoms with Crippen LogP contribution in [0, 0.1) is 6.92 Å². The van der Waals surface area contributed by atoms with Crippen LogP contribution >= 0.6 is 11.8 Å². The number of hydrogen-bond acceptors (Lipinski definition) is 8. The molecule has 1 unspecified atom stereocenters. The number of morpholine rings is 1. The molecule has 1 aromatic carbocycles. The number of thioether (sulfide) groups is 1. The summed E-state index contributed by atoms with van der Waals surface area (Å²) in [6.45, 7) is 4.29. The summed E-state index contributed by atoms with van der Waals surface area (Å²) >= 11 is 1.93. The number of benzene rings is 1. The van der Waals surface area contributed by atoms with Gasteiger partial charge in [0.15, 0.2) is 5.82 Å². The predicted octanol–water partition coefficient (Wildman–Crippen LogP) is 3.59. The molecule has 11 heteroatoms. The van der Waals surface area contributed by atoms with Crippen molar-refractivity contribution in [3.63, 3.8) is 0 Å². The Morgan fingerprint density at radius 3 is 2.70 bits per heavy atom. The van der Waals surface area contributed by atoms with E-state index in [-0.39, 0.29) is 17.8 Å². The van der Waals surface area contributed by atoms with Crippen molar-refractivity contribution in [2.45, 2.75) is 32.0 Å². The Hall–Kier alpha value is -2.79. The van der Waals surface area contributed by atoms with E-state index in [1.54, 1.807) is 22.9 Å². The maximum atomic E-state index is 12.8. The standard InChI is InChI=1S/C22H24F2N6O2S/c1-15-18(30(28-25-15)17-4-2-16(3-5-17)21(23)24)12-31-20-7-6-19(26-27-20)29-9-10-32-22(13-29)8-11-33-14-22/h2-7,21H,8-14H2,1H3. The van der Waals surface area contributed by atoms with Crippen LogP contribution in [0.25, 0.3) is 5.69 Å². The van der Waals surface area contributed by atoms with Crippen LogP contribution in [0.1, 0.15) is 29.8 Å². The first-order chi connectivity index (χ1) is 16.0. The van der Waals surface area contributed by atoms with Gasteiger partial charge in [0.2, 0.25) is 5.88 Å². The topological polar surface area (TPSA) is 78.2 Å². The third-order valence-corrected chi connectivity index (χ3v) is 7.19. The highest BCUT2D eigenvalue weighted by atomic mass is 32.2. The fraction of sp³-hybridized carbons (Fsp3) is 0.455. The number of nitrogens with zero attached hydrogens (tertiary/aromatic N) is 6. The molecule has 8 nitrogen and oxygen atoms in total. The van der Waals surface area contributed by atoms with Gasteiger partial charge in [-0.15, -0.1) is 15.3 Å². The number of aromatic nitrogens is 5. The van der Waals surface area contributed by atoms with Crippen molar-refractivity contribution in [3.05, 3.63) is 53.3 Å². The molecule has 4 heterocycles. The fourth-order valence-corrected chi connectivity index (χ4v) is 5.43. The van der Waals surface area contributed by atoms with E-state index in [0.717, 1.165) is 36.8 Å². The van der Waals surface area contributed by atoms with Crippen molar-refractivity contribution >= 4 is 17.6 Å². The van der Waals surface area contributed by atoms with Crippen molar-refractivity contribution in [1.82, 2.24) is 25.2 Å². The molecule has 1 spiro atoms. The molecule has 0 radical (unpaired) electrons. The van der Waals surface area contributed by atoms with Gasteiger partial charge >= 0.3 is 0 Å². The van der Waals surface area contributed by atoms with Gasteiger partial charge in [-0.3, -0.25) is 0 Å². The van der Waals surface area contributed by atoms with Crippen LogP contribution in [0.15, 0.2) is 36.4 Å². The van der Waals surface area contributed by atoms with Crippen LogP contribution in [-0.2, 0) is 11.3 Å². The molecular weight excluding hydrogens is 450 g/mol. The number of halogens is 2. The largest absolute Gasteiger partial charge is 0.470 e. The summed E-state index contributed by atoms with van der Waals surface area (Å²) in [5, 5.41) is 16.8. The molecule has 33 heavy (non-hydrogen) atoms. The molecule has 0 amide bonds. The second-order valence-corrected chi connectivity index (χ2v) is 9.30. The molecule has 2 saturated heterocycles. The summed E-state index contributed by atoms with van der Waals surface area (Å²) in [6.07, 6.45) is -1.45. The minimum absolute atomic E-state index is 0.0402. The first-order valence-corrected chi connectivity index (χ1v) is 11.9. The maximum absolute atomic E-state index is 12.8. The van der Waals surface area contributed by atoms with Gasteiger partial charge in [-0.25, -0.2) is 13.5 Å². The number of hydrogen-bond donors (Lipinski definition) is 0. The quantitative estimate of drug-likeness (QED) is 0.536. The minimum atomic E-state index is -2.51. The van der Waals surface area contributed by atoms with Gasteiger partial charge < -0.3 is 14.4 Å². The Morgan fingerprint density at radius 1 is 1.15 bits per heavy atom. The highest BCUT2D eigenvalue weighted by molar-refractivity contribution is 7.99. The summed E-state index contributed by atoms with van der Waals surface area (Å²) in [7, 11) is 0. The Labute approximate surface area is 194 Å². The molecule has 0 saturated carbocycles. The first-order valence-electron chi connectivity index (χ1n) is 10.8. The van der Waals surface area contributed by atoms with Crippen molar-refractivity contribution in [2.24, 2.45) is 0 Å². The van der Waals surface area contributed by atoms with Crippen molar-refractivity contribution in [2.75, 3.05) is 36.1 Å². The summed E-state index contributed by atoms with van der Waals surface area (Å²) < 4.78 is 39.2. The summed E-state index contributed by atoms with van der Waals surface area (Å²) in [6, 6.07) is 9.65. The van der Waals surface area contributed by atoms with Crippen LogP contribution in [0.5, 0.6) is 5.88 Å². The Balaban J connectivity index is 1.25. The molecule has 2 aliphatic heterocycles. The molecule has 0 N–H and O–H groups in total. The number of anilines is 1. The van der Waals surface area contributed by atoms with Crippen molar-refractivity contribution in [3.8, 4) is 11.6 Å². The fourth-order valence-electron chi connectivity index (χ4n) is 4.08. The maximum Gasteiger partial charge on any atom is 0.263 e. The lowest BCUT2D eigenvalue weighted by atomic mass is 10.0. The van der Waals surface area contributed by atoms with Crippen LogP contribution in [0.4, 0.5) is 14.6 Å². The molecule has 174 valence electrons. The number of rotatable bonds is 6. The lowest BCUT2D eigenvalue weighted by molar-refractivity contribution is -0.0359. The average Bonchev–Trinajstić information content (AvgIpc) is 3.44. The molecule has 2 aliphatic rings. The number of aryl methyl sites for hydroxylation is 1. The average molecular weight is 475 g/mol. The van der Waals surface area contributed by atoms with Crippen LogP contribution in [0.3, 0.4) is 0 Å². The molecule has 0 bridgehead atoms. The molecule has 3 aromatic rings. The van der Waals surface area contributed by atoms with E-state index in [2.05, 4.69) is 25.4 Å². The smallest absolute Gasteiger partial charge is 0.263 e. The van der Waals surface area contributed by atoms with Crippen molar-refractivity contribution in [1.29, 1.82) is 0 Å². The second kappa shape index (κ2) is 9.22. The molecule has 2 fully saturated rings. The zero-order valence-corrected chi connectivity index (χ0v) is 19.0. The van der Waals surface area contributed by atoms with Crippen LogP contribution in [0.2, 0.25) is 0 Å². The van der Waals surface area contributed by atoms with E-state index < -0.39 is 6.43 Å². The molecule has 2 aromatic heterocycles. The Morgan fingerprint density at radius 2 is 2.00 bits per heavy atom. The van der Waals surface area contributed by atoms with Gasteiger partial charge in [-0.05, 0) is 37.3 Å². The van der Waals surface area contributed by atoms with Crippen molar-refractivity contribution < 1.29 is 18.3 Å². The number of alkyl halides is 2. The second-order valence-electron chi connectivity index (χ2n) is 8.20. The van der Waals surface area contributed by atoms with E-state index in [9.17, 15) is 8.78 Å². The molecule has 5 rings (SSSR count). The lowest BCUT2D eigenvalue weighted by Crippen LogP contribution is -2.52. The first kappa shape index (κ1) is 22.0. The Bertz CT molecular complexity index is 1090. The summed E-state index contributed by atoms with van der Waals surface area (Å²) in [4.78, 5) is 2.22. The minimum Gasteiger partial charge on any atom is -0.470 e. The summed E-state index contributed by atoms with van der Waals surface area (Å²) in [5.41, 5.74) is 1.91. The van der Waals surface area contributed by atoms with Gasteiger partial charge in [-0.2, -0.15) is 11.8 Å².